The van der Waals surface area contributed by atoms with E-state index in [1.807, 2.05) is 52.8 Å². The molecule has 0 aliphatic carbocycles. The largest absolute Gasteiger partial charge is 0.333 e. The number of aryl methyl sites for hydroxylation is 2. The summed E-state index contributed by atoms with van der Waals surface area (Å²) in [5.41, 5.74) is 2.58. The zero-order chi connectivity index (χ0) is 19.3. The number of urea groups is 1. The van der Waals surface area contributed by atoms with Crippen LogP contribution in [0.25, 0.3) is 0 Å². The zero-order valence-corrected chi connectivity index (χ0v) is 17.1. The van der Waals surface area contributed by atoms with E-state index in [4.69, 9.17) is 0 Å². The van der Waals surface area contributed by atoms with Crippen LogP contribution < -0.4 is 16.0 Å². The Morgan fingerprint density at radius 3 is 2.58 bits per heavy atom. The average Bonchev–Trinajstić information content (AvgIpc) is 2.94. The molecule has 0 fully saturated rings. The van der Waals surface area contributed by atoms with Gasteiger partial charge in [0.05, 0.1) is 5.75 Å². The highest BCUT2D eigenvalue weighted by atomic mass is 32.2. The van der Waals surface area contributed by atoms with Crippen LogP contribution in [-0.2, 0) is 4.79 Å². The van der Waals surface area contributed by atoms with Crippen molar-refractivity contribution in [2.24, 2.45) is 0 Å². The Morgan fingerprint density at radius 2 is 1.88 bits per heavy atom. The van der Waals surface area contributed by atoms with E-state index in [1.165, 1.54) is 23.1 Å². The molecule has 0 aliphatic rings. The van der Waals surface area contributed by atoms with Gasteiger partial charge in [-0.3, -0.25) is 10.1 Å². The monoisotopic (exact) mass is 393 g/mol. The summed E-state index contributed by atoms with van der Waals surface area (Å²) in [6.07, 6.45) is 0. The van der Waals surface area contributed by atoms with Crippen molar-refractivity contribution in [3.8, 4) is 0 Å². The Balaban J connectivity index is 1.84. The van der Waals surface area contributed by atoms with E-state index in [2.05, 4.69) is 26.1 Å². The first-order valence-corrected chi connectivity index (χ1v) is 9.85. The molecule has 7 nitrogen and oxygen atoms in total. The van der Waals surface area contributed by atoms with Gasteiger partial charge in [-0.2, -0.15) is 0 Å². The van der Waals surface area contributed by atoms with Crippen molar-refractivity contribution in [3.05, 3.63) is 29.3 Å². The highest BCUT2D eigenvalue weighted by Gasteiger charge is 2.16. The Labute approximate surface area is 161 Å². The number of benzene rings is 1. The first-order chi connectivity index (χ1) is 12.1. The summed E-state index contributed by atoms with van der Waals surface area (Å²) in [6.45, 7) is 9.61. The second kappa shape index (κ2) is 8.50. The minimum absolute atomic E-state index is 0.112. The van der Waals surface area contributed by atoms with Crippen LogP contribution in [0.5, 0.6) is 0 Å². The number of amides is 3. The van der Waals surface area contributed by atoms with Crippen molar-refractivity contribution in [2.45, 2.75) is 44.5 Å². The summed E-state index contributed by atoms with van der Waals surface area (Å²) in [4.78, 5) is 23.9. The molecule has 0 spiro atoms. The Hall–Kier alpha value is -2.13. The van der Waals surface area contributed by atoms with E-state index in [0.29, 0.717) is 9.47 Å². The maximum absolute atomic E-state index is 12.1. The van der Waals surface area contributed by atoms with E-state index >= 15 is 0 Å². The molecule has 0 bridgehead atoms. The third-order valence-corrected chi connectivity index (χ3v) is 5.08. The molecule has 0 saturated heterocycles. The first kappa shape index (κ1) is 20.2. The highest BCUT2D eigenvalue weighted by molar-refractivity contribution is 8.01. The molecule has 0 aliphatic heterocycles. The van der Waals surface area contributed by atoms with Crippen molar-refractivity contribution in [1.29, 1.82) is 0 Å². The number of nitrogens with zero attached hydrogens (tertiary/aromatic N) is 2. The van der Waals surface area contributed by atoms with E-state index in [-0.39, 0.29) is 23.2 Å². The van der Waals surface area contributed by atoms with Crippen LogP contribution in [0.3, 0.4) is 0 Å². The van der Waals surface area contributed by atoms with Gasteiger partial charge in [-0.1, -0.05) is 35.2 Å². The van der Waals surface area contributed by atoms with E-state index in [1.54, 1.807) is 0 Å². The average molecular weight is 394 g/mol. The van der Waals surface area contributed by atoms with Crippen LogP contribution in [-0.4, -0.2) is 33.4 Å². The number of hydrogen-bond donors (Lipinski definition) is 3. The topological polar surface area (TPSA) is 96.0 Å². The Morgan fingerprint density at radius 1 is 1.15 bits per heavy atom. The molecule has 3 N–H and O–H groups in total. The van der Waals surface area contributed by atoms with Gasteiger partial charge >= 0.3 is 6.03 Å². The van der Waals surface area contributed by atoms with Gasteiger partial charge in [0.2, 0.25) is 11.0 Å². The summed E-state index contributed by atoms with van der Waals surface area (Å²) >= 11 is 2.51. The molecule has 0 radical (unpaired) electrons. The Bertz CT molecular complexity index is 799. The number of thioether (sulfide) groups is 1. The van der Waals surface area contributed by atoms with Crippen molar-refractivity contribution in [2.75, 3.05) is 16.4 Å². The van der Waals surface area contributed by atoms with Gasteiger partial charge in [-0.25, -0.2) is 4.79 Å². The fourth-order valence-electron chi connectivity index (χ4n) is 1.97. The molecule has 0 atom stereocenters. The van der Waals surface area contributed by atoms with Crippen molar-refractivity contribution >= 4 is 45.9 Å². The number of anilines is 2. The van der Waals surface area contributed by atoms with Crippen molar-refractivity contribution in [1.82, 2.24) is 15.5 Å². The van der Waals surface area contributed by atoms with Crippen LogP contribution >= 0.6 is 23.1 Å². The predicted molar refractivity (Wildman–Crippen MR) is 107 cm³/mol. The summed E-state index contributed by atoms with van der Waals surface area (Å²) < 4.78 is 0.618. The van der Waals surface area contributed by atoms with Crippen LogP contribution in [0.1, 0.15) is 31.9 Å². The molecule has 2 rings (SSSR count). The van der Waals surface area contributed by atoms with Crippen LogP contribution in [0, 0.1) is 13.8 Å². The number of carbonyl (C=O) groups is 2. The molecular weight excluding hydrogens is 370 g/mol. The third kappa shape index (κ3) is 6.64. The highest BCUT2D eigenvalue weighted by Crippen LogP contribution is 2.26. The standard InChI is InChI=1S/C17H23N5O2S2/c1-10-6-7-11(2)12(8-10)18-13(23)9-25-16-22-21-15(26-16)19-14(24)20-17(3,4)5/h6-8H,9H2,1-5H3,(H,18,23)(H2,19,20,21,24). The molecule has 0 unspecified atom stereocenters. The SMILES string of the molecule is Cc1ccc(C)c(NC(=O)CSc2nnc(NC(=O)NC(C)(C)C)s2)c1. The maximum Gasteiger partial charge on any atom is 0.321 e. The summed E-state index contributed by atoms with van der Waals surface area (Å²) in [5, 5.41) is 16.6. The molecule has 2 aromatic rings. The second-order valence-electron chi connectivity index (χ2n) is 6.86. The fourth-order valence-corrected chi connectivity index (χ4v) is 3.52. The molecule has 0 saturated carbocycles. The minimum Gasteiger partial charge on any atom is -0.333 e. The lowest BCUT2D eigenvalue weighted by Gasteiger charge is -2.19. The Kier molecular flexibility index (Phi) is 6.60. The van der Waals surface area contributed by atoms with Gasteiger partial charge < -0.3 is 10.6 Å². The van der Waals surface area contributed by atoms with Crippen LogP contribution in [0.2, 0.25) is 0 Å². The lowest BCUT2D eigenvalue weighted by Crippen LogP contribution is -2.43. The van der Waals surface area contributed by atoms with Gasteiger partial charge in [-0.05, 0) is 51.8 Å². The van der Waals surface area contributed by atoms with Gasteiger partial charge in [0.25, 0.3) is 0 Å². The van der Waals surface area contributed by atoms with E-state index in [0.717, 1.165) is 16.8 Å². The minimum atomic E-state index is -0.335. The number of aromatic nitrogens is 2. The van der Waals surface area contributed by atoms with Gasteiger partial charge in [0.15, 0.2) is 4.34 Å². The third-order valence-electron chi connectivity index (χ3n) is 3.11. The molecule has 140 valence electrons. The van der Waals surface area contributed by atoms with Crippen LogP contribution in [0.15, 0.2) is 22.5 Å². The van der Waals surface area contributed by atoms with Gasteiger partial charge in [0.1, 0.15) is 0 Å². The molecule has 3 amide bonds. The number of hydrogen-bond acceptors (Lipinski definition) is 6. The van der Waals surface area contributed by atoms with Gasteiger partial charge in [-0.15, -0.1) is 10.2 Å². The number of nitrogens with one attached hydrogen (secondary N) is 3. The molecule has 1 aromatic heterocycles. The van der Waals surface area contributed by atoms with Gasteiger partial charge in [0, 0.05) is 11.2 Å². The molecule has 1 heterocycles. The molecule has 26 heavy (non-hydrogen) atoms. The van der Waals surface area contributed by atoms with Crippen molar-refractivity contribution in [3.63, 3.8) is 0 Å². The quantitative estimate of drug-likeness (QED) is 0.530. The number of rotatable bonds is 5. The smallest absolute Gasteiger partial charge is 0.321 e. The van der Waals surface area contributed by atoms with E-state index < -0.39 is 0 Å². The second-order valence-corrected chi connectivity index (χ2v) is 9.06. The number of carbonyl (C=O) groups excluding carboxylic acids is 2. The summed E-state index contributed by atoms with van der Waals surface area (Å²) in [7, 11) is 0. The van der Waals surface area contributed by atoms with E-state index in [9.17, 15) is 9.59 Å². The zero-order valence-electron chi connectivity index (χ0n) is 15.5. The molecular formula is C17H23N5O2S2. The predicted octanol–water partition coefficient (Wildman–Crippen LogP) is 3.81. The fraction of sp³-hybridized carbons (Fsp3) is 0.412. The molecule has 1 aromatic carbocycles. The van der Waals surface area contributed by atoms with Crippen LogP contribution in [0.4, 0.5) is 15.6 Å². The lowest BCUT2D eigenvalue weighted by molar-refractivity contribution is -0.113. The molecule has 9 heteroatoms. The van der Waals surface area contributed by atoms with Crippen molar-refractivity contribution < 1.29 is 9.59 Å². The summed E-state index contributed by atoms with van der Waals surface area (Å²) in [5.74, 6) is 0.106. The lowest BCUT2D eigenvalue weighted by atomic mass is 10.1. The summed E-state index contributed by atoms with van der Waals surface area (Å²) in [6, 6.07) is 5.59. The maximum atomic E-state index is 12.1. The first-order valence-electron chi connectivity index (χ1n) is 8.05. The normalized spacial score (nSPS) is 11.1.